The third kappa shape index (κ3) is 4.96. The van der Waals surface area contributed by atoms with Crippen LogP contribution >= 0.6 is 0 Å². The van der Waals surface area contributed by atoms with Crippen molar-refractivity contribution in [1.82, 2.24) is 4.98 Å². The third-order valence-electron chi connectivity index (χ3n) is 6.88. The van der Waals surface area contributed by atoms with Crippen LogP contribution in [0.3, 0.4) is 0 Å². The lowest BCUT2D eigenvalue weighted by atomic mass is 9.81. The molecule has 5 aromatic rings. The minimum atomic E-state index is -3.98. The molecule has 5 rings (SSSR count). The molecule has 0 atom stereocenters. The zero-order valence-corrected chi connectivity index (χ0v) is 23.5. The number of nitrogens with one attached hydrogen (secondary N) is 1. The highest BCUT2D eigenvalue weighted by Gasteiger charge is 2.41. The van der Waals surface area contributed by atoms with Gasteiger partial charge in [-0.05, 0) is 41.7 Å². The molecule has 1 aromatic heterocycles. The van der Waals surface area contributed by atoms with Gasteiger partial charge < -0.3 is 10.1 Å². The monoisotopic (exact) mass is 535 g/mol. The smallest absolute Gasteiger partial charge is 0.206 e. The number of allylic oxidation sites excluding steroid dienone is 1. The van der Waals surface area contributed by atoms with Gasteiger partial charge in [-0.1, -0.05) is 123 Å². The van der Waals surface area contributed by atoms with E-state index in [-0.39, 0.29) is 9.80 Å². The first kappa shape index (κ1) is 26.7. The number of benzene rings is 4. The Hall–Kier alpha value is -3.93. The summed E-state index contributed by atoms with van der Waals surface area (Å²) < 4.78 is 28.9. The molecule has 4 nitrogen and oxygen atoms in total. The summed E-state index contributed by atoms with van der Waals surface area (Å²) in [5, 5.41) is 13.5. The second-order valence-electron chi connectivity index (χ2n) is 11.1. The van der Waals surface area contributed by atoms with E-state index < -0.39 is 20.9 Å². The van der Waals surface area contributed by atoms with Crippen LogP contribution < -0.4 is 0 Å². The second-order valence-corrected chi connectivity index (χ2v) is 13.0. The zero-order valence-electron chi connectivity index (χ0n) is 22.6. The van der Waals surface area contributed by atoms with Crippen molar-refractivity contribution in [2.24, 2.45) is 5.41 Å². The first-order valence-electron chi connectivity index (χ1n) is 13.0. The Morgan fingerprint density at radius 1 is 0.744 bits per heavy atom. The van der Waals surface area contributed by atoms with Crippen LogP contribution in [0, 0.1) is 12.3 Å². The zero-order chi connectivity index (χ0) is 27.8. The van der Waals surface area contributed by atoms with E-state index in [0.717, 1.165) is 16.5 Å². The molecule has 0 bridgehead atoms. The number of aryl methyl sites for hydroxylation is 1. The summed E-state index contributed by atoms with van der Waals surface area (Å²) in [7, 11) is -3.98. The van der Waals surface area contributed by atoms with E-state index in [9.17, 15) is 13.5 Å². The first-order valence-corrected chi connectivity index (χ1v) is 14.5. The molecule has 0 saturated heterocycles. The highest BCUT2D eigenvalue weighted by atomic mass is 32.2. The highest BCUT2D eigenvalue weighted by molar-refractivity contribution is 8.00. The van der Waals surface area contributed by atoms with Gasteiger partial charge in [-0.2, -0.15) is 0 Å². The van der Waals surface area contributed by atoms with Gasteiger partial charge >= 0.3 is 0 Å². The van der Waals surface area contributed by atoms with Crippen LogP contribution in [0.2, 0.25) is 0 Å². The van der Waals surface area contributed by atoms with Gasteiger partial charge in [0.2, 0.25) is 9.84 Å². The lowest BCUT2D eigenvalue weighted by Crippen LogP contribution is -2.31. The third-order valence-corrected chi connectivity index (χ3v) is 8.68. The number of rotatable bonds is 6. The maximum Gasteiger partial charge on any atom is 0.206 e. The van der Waals surface area contributed by atoms with Crippen LogP contribution in [0.5, 0.6) is 0 Å². The van der Waals surface area contributed by atoms with Gasteiger partial charge in [0.15, 0.2) is 5.60 Å². The molecule has 0 radical (unpaired) electrons. The van der Waals surface area contributed by atoms with Crippen LogP contribution in [-0.2, 0) is 15.4 Å². The van der Waals surface area contributed by atoms with Crippen molar-refractivity contribution in [3.63, 3.8) is 0 Å². The average Bonchev–Trinajstić information content (AvgIpc) is 3.32. The second kappa shape index (κ2) is 9.99. The molecule has 1 heterocycles. The summed E-state index contributed by atoms with van der Waals surface area (Å²) in [6.45, 7) is 7.87. The standard InChI is InChI=1S/C34H33NO3S/c1-24-19-21-27(22-20-24)39(37,38)30(23-33(2,3)4)31-28-17-11-12-18-29(28)35-32(31)34(36,25-13-7-5-8-14-25)26-15-9-6-10-16-26/h5-23,35-36H,1-4H3. The number of hydrogen-bond donors (Lipinski definition) is 2. The number of fused-ring (bicyclic) bond motifs is 1. The molecule has 0 aliphatic rings. The molecule has 0 unspecified atom stereocenters. The molecule has 0 fully saturated rings. The fourth-order valence-electron chi connectivity index (χ4n) is 5.01. The summed E-state index contributed by atoms with van der Waals surface area (Å²) in [5.41, 5.74) is 1.73. The van der Waals surface area contributed by atoms with Crippen LogP contribution in [-0.4, -0.2) is 18.5 Å². The van der Waals surface area contributed by atoms with E-state index in [1.54, 1.807) is 18.2 Å². The van der Waals surface area contributed by atoms with E-state index >= 15 is 0 Å². The largest absolute Gasteiger partial charge is 0.375 e. The molecule has 0 amide bonds. The lowest BCUT2D eigenvalue weighted by molar-refractivity contribution is 0.121. The van der Waals surface area contributed by atoms with Crippen LogP contribution in [0.25, 0.3) is 15.8 Å². The number of aromatic nitrogens is 1. The molecule has 0 spiro atoms. The summed E-state index contributed by atoms with van der Waals surface area (Å²) in [6, 6.07) is 33.3. The van der Waals surface area contributed by atoms with Crippen molar-refractivity contribution in [2.75, 3.05) is 0 Å². The van der Waals surface area contributed by atoms with Gasteiger partial charge in [-0.15, -0.1) is 0 Å². The Morgan fingerprint density at radius 2 is 1.26 bits per heavy atom. The van der Waals surface area contributed by atoms with Crippen LogP contribution in [0.1, 0.15) is 48.7 Å². The molecule has 39 heavy (non-hydrogen) atoms. The van der Waals surface area contributed by atoms with Crippen molar-refractivity contribution in [2.45, 2.75) is 38.2 Å². The molecule has 2 N–H and O–H groups in total. The number of sulfone groups is 1. The average molecular weight is 536 g/mol. The van der Waals surface area contributed by atoms with E-state index in [2.05, 4.69) is 4.98 Å². The number of hydrogen-bond acceptors (Lipinski definition) is 3. The van der Waals surface area contributed by atoms with E-state index in [1.165, 1.54) is 0 Å². The quantitative estimate of drug-likeness (QED) is 0.235. The van der Waals surface area contributed by atoms with Gasteiger partial charge in [0, 0.05) is 16.5 Å². The van der Waals surface area contributed by atoms with Gasteiger partial charge in [-0.25, -0.2) is 8.42 Å². The molecule has 0 saturated carbocycles. The fraction of sp³-hybridized carbons (Fsp3) is 0.176. The van der Waals surface area contributed by atoms with Crippen LogP contribution in [0.4, 0.5) is 0 Å². The molecular weight excluding hydrogens is 502 g/mol. The van der Waals surface area contributed by atoms with Crippen LogP contribution in [0.15, 0.2) is 120 Å². The number of aliphatic hydroxyl groups is 1. The predicted molar refractivity (Wildman–Crippen MR) is 159 cm³/mol. The molecule has 4 aromatic carbocycles. The Balaban J connectivity index is 1.92. The van der Waals surface area contributed by atoms with Crippen molar-refractivity contribution in [3.8, 4) is 0 Å². The Morgan fingerprint density at radius 3 is 1.79 bits per heavy atom. The minimum Gasteiger partial charge on any atom is -0.375 e. The molecular formula is C34H33NO3S. The lowest BCUT2D eigenvalue weighted by Gasteiger charge is -2.31. The van der Waals surface area contributed by atoms with E-state index in [1.807, 2.05) is 125 Å². The van der Waals surface area contributed by atoms with Crippen molar-refractivity contribution in [3.05, 3.63) is 143 Å². The van der Waals surface area contributed by atoms with Crippen molar-refractivity contribution < 1.29 is 13.5 Å². The Kier molecular flexibility index (Phi) is 6.83. The summed E-state index contributed by atoms with van der Waals surface area (Å²) in [4.78, 5) is 3.82. The maximum absolute atomic E-state index is 14.5. The first-order chi connectivity index (χ1) is 18.5. The molecule has 0 aliphatic heterocycles. The van der Waals surface area contributed by atoms with Gasteiger partial charge in [0.05, 0.1) is 15.5 Å². The SMILES string of the molecule is Cc1ccc(S(=O)(=O)C(=CC(C)(C)C)c2c(C(O)(c3ccccc3)c3ccccc3)[nH]c3ccccc23)cc1. The fourth-order valence-corrected chi connectivity index (χ4v) is 6.74. The maximum atomic E-state index is 14.5. The number of aromatic amines is 1. The normalized spacial score (nSPS) is 13.1. The van der Waals surface area contributed by atoms with Crippen molar-refractivity contribution in [1.29, 1.82) is 0 Å². The van der Waals surface area contributed by atoms with E-state index in [0.29, 0.717) is 22.4 Å². The molecule has 198 valence electrons. The van der Waals surface area contributed by atoms with Gasteiger partial charge in [0.1, 0.15) is 0 Å². The predicted octanol–water partition coefficient (Wildman–Crippen LogP) is 7.62. The number of H-pyrrole nitrogens is 1. The summed E-state index contributed by atoms with van der Waals surface area (Å²) >= 11 is 0. The summed E-state index contributed by atoms with van der Waals surface area (Å²) in [5.74, 6) is 0. The van der Waals surface area contributed by atoms with Gasteiger partial charge in [0.25, 0.3) is 0 Å². The Bertz CT molecular complexity index is 1700. The summed E-state index contributed by atoms with van der Waals surface area (Å²) in [6.07, 6.45) is 1.80. The highest BCUT2D eigenvalue weighted by Crippen LogP contribution is 2.45. The topological polar surface area (TPSA) is 70.2 Å². The Labute approximate surface area is 230 Å². The number of para-hydroxylation sites is 1. The van der Waals surface area contributed by atoms with Crippen molar-refractivity contribution >= 4 is 25.6 Å². The molecule has 0 aliphatic carbocycles. The van der Waals surface area contributed by atoms with Gasteiger partial charge in [-0.3, -0.25) is 0 Å². The van der Waals surface area contributed by atoms with E-state index in [4.69, 9.17) is 0 Å². The molecule has 5 heteroatoms. The minimum absolute atomic E-state index is 0.164.